The van der Waals surface area contributed by atoms with Gasteiger partial charge >= 0.3 is 0 Å². The summed E-state index contributed by atoms with van der Waals surface area (Å²) < 4.78 is 31.2. The molecule has 1 N–H and O–H groups in total. The first-order chi connectivity index (χ1) is 17.5. The van der Waals surface area contributed by atoms with E-state index in [2.05, 4.69) is 33.7 Å². The van der Waals surface area contributed by atoms with Crippen LogP contribution in [-0.4, -0.2) is 60.9 Å². The predicted molar refractivity (Wildman–Crippen MR) is 141 cm³/mol. The van der Waals surface area contributed by atoms with Gasteiger partial charge in [0.2, 0.25) is 0 Å². The fraction of sp³-hybridized carbons (Fsp3) is 0.407. The molecule has 1 aromatic heterocycles. The summed E-state index contributed by atoms with van der Waals surface area (Å²) in [6, 6.07) is 8.10. The number of nitrogens with one attached hydrogen (secondary N) is 1. The molecule has 1 aliphatic heterocycles. The molecule has 3 aromatic rings. The van der Waals surface area contributed by atoms with Crippen LogP contribution in [0.15, 0.2) is 49.3 Å². The summed E-state index contributed by atoms with van der Waals surface area (Å²) in [4.78, 5) is 11.1. The lowest BCUT2D eigenvalue weighted by Crippen LogP contribution is -2.25. The van der Waals surface area contributed by atoms with Crippen LogP contribution < -0.4 is 14.8 Å². The van der Waals surface area contributed by atoms with Crippen molar-refractivity contribution in [2.24, 2.45) is 5.92 Å². The Kier molecular flexibility index (Phi) is 8.96. The van der Waals surface area contributed by atoms with Gasteiger partial charge in [0.25, 0.3) is 0 Å². The minimum Gasteiger partial charge on any atom is -0.493 e. The van der Waals surface area contributed by atoms with Crippen LogP contribution in [-0.2, 0) is 4.74 Å². The van der Waals surface area contributed by atoms with Crippen molar-refractivity contribution in [1.82, 2.24) is 14.9 Å². The Morgan fingerprint density at radius 2 is 2.06 bits per heavy atom. The van der Waals surface area contributed by atoms with Gasteiger partial charge in [0.15, 0.2) is 11.5 Å². The van der Waals surface area contributed by atoms with Gasteiger partial charge in [-0.25, -0.2) is 14.4 Å². The van der Waals surface area contributed by atoms with Crippen LogP contribution in [0.25, 0.3) is 10.9 Å². The zero-order chi connectivity index (χ0) is 25.5. The highest BCUT2D eigenvalue weighted by atomic mass is 35.5. The number of aromatic nitrogens is 2. The minimum absolute atomic E-state index is 0.0321. The number of anilines is 2. The summed E-state index contributed by atoms with van der Waals surface area (Å²) in [6.07, 6.45) is 5.55. The van der Waals surface area contributed by atoms with Gasteiger partial charge in [-0.2, -0.15) is 0 Å². The van der Waals surface area contributed by atoms with Crippen LogP contribution in [0.5, 0.6) is 11.5 Å². The molecule has 1 fully saturated rings. The predicted octanol–water partition coefficient (Wildman–Crippen LogP) is 5.86. The second kappa shape index (κ2) is 12.3. The number of ether oxygens (including phenoxy) is 3. The average Bonchev–Trinajstić information content (AvgIpc) is 3.29. The Hall–Kier alpha value is -2.94. The number of fused-ring (bicyclic) bond motifs is 1. The van der Waals surface area contributed by atoms with Crippen LogP contribution in [0.2, 0.25) is 5.02 Å². The zero-order valence-corrected chi connectivity index (χ0v) is 21.4. The Labute approximate surface area is 216 Å². The van der Waals surface area contributed by atoms with E-state index in [9.17, 15) is 4.39 Å². The molecule has 9 heteroatoms. The second-order valence-corrected chi connectivity index (χ2v) is 9.17. The minimum atomic E-state index is -0.479. The summed E-state index contributed by atoms with van der Waals surface area (Å²) in [5.41, 5.74) is 1.31. The summed E-state index contributed by atoms with van der Waals surface area (Å²) in [7, 11) is 1.60. The molecule has 0 bridgehead atoms. The highest BCUT2D eigenvalue weighted by Crippen LogP contribution is 2.35. The molecule has 0 radical (unpaired) electrons. The number of methoxy groups -OCH3 is 1. The van der Waals surface area contributed by atoms with Crippen molar-refractivity contribution in [3.05, 3.63) is 60.2 Å². The number of nitrogens with zero attached hydrogens (tertiary/aromatic N) is 3. The normalized spacial score (nSPS) is 17.9. The average molecular weight is 515 g/mol. The SMILES string of the molecule is C=CC1CN(CCCOc2cc3c(Nc4ccc(F)c(Cl)c4)ncnc3cc2OC)CC1OCCC. The molecule has 192 valence electrons. The first-order valence-electron chi connectivity index (χ1n) is 12.2. The van der Waals surface area contributed by atoms with Gasteiger partial charge < -0.3 is 19.5 Å². The van der Waals surface area contributed by atoms with Gasteiger partial charge in [0, 0.05) is 49.3 Å². The largest absolute Gasteiger partial charge is 0.493 e. The maximum atomic E-state index is 13.5. The lowest BCUT2D eigenvalue weighted by Gasteiger charge is -2.17. The van der Waals surface area contributed by atoms with Crippen molar-refractivity contribution in [3.63, 3.8) is 0 Å². The fourth-order valence-electron chi connectivity index (χ4n) is 4.35. The Balaban J connectivity index is 1.42. The van der Waals surface area contributed by atoms with Crippen LogP contribution in [0, 0.1) is 11.7 Å². The van der Waals surface area contributed by atoms with Crippen molar-refractivity contribution < 1.29 is 18.6 Å². The number of likely N-dealkylation sites (tertiary alicyclic amines) is 1. The van der Waals surface area contributed by atoms with E-state index >= 15 is 0 Å². The number of rotatable bonds is 12. The van der Waals surface area contributed by atoms with Gasteiger partial charge in [-0.1, -0.05) is 24.6 Å². The van der Waals surface area contributed by atoms with Crippen molar-refractivity contribution in [1.29, 1.82) is 0 Å². The smallest absolute Gasteiger partial charge is 0.162 e. The van der Waals surface area contributed by atoms with E-state index in [0.29, 0.717) is 41.0 Å². The van der Waals surface area contributed by atoms with E-state index in [1.165, 1.54) is 18.5 Å². The van der Waals surface area contributed by atoms with E-state index < -0.39 is 5.82 Å². The van der Waals surface area contributed by atoms with E-state index in [4.69, 9.17) is 25.8 Å². The third-order valence-electron chi connectivity index (χ3n) is 6.20. The first kappa shape index (κ1) is 26.1. The number of hydrogen-bond donors (Lipinski definition) is 1. The Morgan fingerprint density at radius 3 is 2.81 bits per heavy atom. The van der Waals surface area contributed by atoms with E-state index in [0.717, 1.165) is 44.5 Å². The third kappa shape index (κ3) is 6.24. The molecule has 2 aromatic carbocycles. The monoisotopic (exact) mass is 514 g/mol. The van der Waals surface area contributed by atoms with Gasteiger partial charge in [0.05, 0.1) is 30.4 Å². The molecule has 2 heterocycles. The van der Waals surface area contributed by atoms with Gasteiger partial charge in [-0.05, 0) is 37.1 Å². The van der Waals surface area contributed by atoms with Crippen LogP contribution in [0.3, 0.4) is 0 Å². The van der Waals surface area contributed by atoms with E-state index in [1.54, 1.807) is 13.2 Å². The van der Waals surface area contributed by atoms with Crippen molar-refractivity contribution in [2.75, 3.05) is 45.3 Å². The maximum absolute atomic E-state index is 13.5. The summed E-state index contributed by atoms with van der Waals surface area (Å²) in [5, 5.41) is 3.97. The van der Waals surface area contributed by atoms with Crippen molar-refractivity contribution in [2.45, 2.75) is 25.9 Å². The Bertz CT molecular complexity index is 1200. The second-order valence-electron chi connectivity index (χ2n) is 8.77. The zero-order valence-electron chi connectivity index (χ0n) is 20.7. The summed E-state index contributed by atoms with van der Waals surface area (Å²) in [5.74, 6) is 1.64. The van der Waals surface area contributed by atoms with E-state index in [1.807, 2.05) is 18.2 Å². The van der Waals surface area contributed by atoms with Crippen LogP contribution in [0.1, 0.15) is 19.8 Å². The van der Waals surface area contributed by atoms with Gasteiger partial charge in [-0.15, -0.1) is 6.58 Å². The van der Waals surface area contributed by atoms with Gasteiger partial charge in [-0.3, -0.25) is 4.90 Å². The molecule has 0 aliphatic carbocycles. The molecule has 1 aliphatic rings. The molecule has 0 amide bonds. The molecule has 1 saturated heterocycles. The standard InChI is InChI=1S/C27H32ClFN4O3/c1-4-10-35-26-16-33(15-18(26)5-2)9-6-11-36-25-13-20-23(14-24(25)34-3)30-17-31-27(20)32-19-7-8-22(29)21(28)12-19/h5,7-8,12-14,17-18,26H,2,4,6,9-11,15-16H2,1,3H3,(H,30,31,32). The molecular formula is C27H32ClFN4O3. The molecule has 4 rings (SSSR count). The van der Waals surface area contributed by atoms with Crippen molar-refractivity contribution >= 4 is 34.0 Å². The molecule has 2 atom stereocenters. The Morgan fingerprint density at radius 1 is 1.19 bits per heavy atom. The summed E-state index contributed by atoms with van der Waals surface area (Å²) in [6.45, 7) is 10.2. The highest BCUT2D eigenvalue weighted by Gasteiger charge is 2.30. The van der Waals surface area contributed by atoms with E-state index in [-0.39, 0.29) is 11.1 Å². The lowest BCUT2D eigenvalue weighted by atomic mass is 10.1. The van der Waals surface area contributed by atoms with Crippen LogP contribution >= 0.6 is 11.6 Å². The highest BCUT2D eigenvalue weighted by molar-refractivity contribution is 6.31. The molecule has 0 spiro atoms. The molecule has 36 heavy (non-hydrogen) atoms. The maximum Gasteiger partial charge on any atom is 0.162 e. The molecule has 2 unspecified atom stereocenters. The number of benzene rings is 2. The lowest BCUT2D eigenvalue weighted by molar-refractivity contribution is 0.0444. The third-order valence-corrected chi connectivity index (χ3v) is 6.49. The fourth-order valence-corrected chi connectivity index (χ4v) is 4.53. The number of hydrogen-bond acceptors (Lipinski definition) is 7. The molecule has 0 saturated carbocycles. The molecule has 7 nitrogen and oxygen atoms in total. The van der Waals surface area contributed by atoms with Crippen LogP contribution in [0.4, 0.5) is 15.9 Å². The first-order valence-corrected chi connectivity index (χ1v) is 12.5. The summed E-state index contributed by atoms with van der Waals surface area (Å²) >= 11 is 5.93. The van der Waals surface area contributed by atoms with Gasteiger partial charge in [0.1, 0.15) is 18.0 Å². The van der Waals surface area contributed by atoms with Crippen molar-refractivity contribution in [3.8, 4) is 11.5 Å². The molecular weight excluding hydrogens is 483 g/mol. The quantitative estimate of drug-likeness (QED) is 0.240. The number of halogens is 2. The topological polar surface area (TPSA) is 68.7 Å².